The summed E-state index contributed by atoms with van der Waals surface area (Å²) in [5, 5.41) is 0. The molecule has 1 aromatic heterocycles. The van der Waals surface area contributed by atoms with Crippen LogP contribution in [-0.2, 0) is 16.1 Å². The van der Waals surface area contributed by atoms with E-state index in [0.29, 0.717) is 31.7 Å². The molecule has 0 saturated carbocycles. The second-order valence-corrected chi connectivity index (χ2v) is 8.67. The Bertz CT molecular complexity index is 983. The van der Waals surface area contributed by atoms with Gasteiger partial charge in [-0.05, 0) is 55.8 Å². The number of amides is 1. The van der Waals surface area contributed by atoms with Crippen LogP contribution in [0, 0.1) is 17.6 Å². The van der Waals surface area contributed by atoms with Gasteiger partial charge in [-0.15, -0.1) is 0 Å². The Kier molecular flexibility index (Phi) is 7.17. The Morgan fingerprint density at radius 3 is 2.33 bits per heavy atom. The molecule has 1 amide bonds. The molecular weight excluding hydrogens is 430 g/mol. The molecule has 0 unspecified atom stereocenters. The fourth-order valence-electron chi connectivity index (χ4n) is 4.54. The number of carbonyl (C=O) groups excluding carboxylic acids is 2. The number of hydrogen-bond donors (Lipinski definition) is 1. The third-order valence-electron chi connectivity index (χ3n) is 6.38. The van der Waals surface area contributed by atoms with E-state index in [1.807, 2.05) is 17.0 Å². The molecule has 0 aliphatic carbocycles. The third kappa shape index (κ3) is 5.65. The van der Waals surface area contributed by atoms with Gasteiger partial charge in [0.15, 0.2) is 0 Å². The number of anilines is 1. The van der Waals surface area contributed by atoms with Crippen molar-refractivity contribution in [2.75, 3.05) is 31.9 Å². The Balaban J connectivity index is 1.22. The molecular formula is C24H28F2N4O3. The number of aromatic nitrogens is 1. The molecule has 2 N–H and O–H groups in total. The summed E-state index contributed by atoms with van der Waals surface area (Å²) in [6.45, 7) is 3.38. The first-order valence-electron chi connectivity index (χ1n) is 11.3. The summed E-state index contributed by atoms with van der Waals surface area (Å²) in [5.74, 6) is -2.26. The van der Waals surface area contributed by atoms with Gasteiger partial charge >= 0.3 is 5.97 Å². The molecule has 2 saturated heterocycles. The van der Waals surface area contributed by atoms with Crippen molar-refractivity contribution in [3.05, 3.63) is 59.3 Å². The molecule has 7 nitrogen and oxygen atoms in total. The van der Waals surface area contributed by atoms with Crippen LogP contribution in [0.3, 0.4) is 0 Å². The van der Waals surface area contributed by atoms with Crippen LogP contribution in [0.5, 0.6) is 0 Å². The molecule has 9 heteroatoms. The molecule has 0 atom stereocenters. The molecule has 2 aliphatic heterocycles. The van der Waals surface area contributed by atoms with Crippen LogP contribution in [0.2, 0.25) is 0 Å². The Morgan fingerprint density at radius 1 is 1.03 bits per heavy atom. The Hall–Kier alpha value is -3.07. The number of ether oxygens (including phenoxy) is 1. The van der Waals surface area contributed by atoms with Crippen LogP contribution in [0.15, 0.2) is 36.5 Å². The molecule has 0 radical (unpaired) electrons. The molecule has 2 fully saturated rings. The van der Waals surface area contributed by atoms with Crippen molar-refractivity contribution in [3.8, 4) is 0 Å². The number of rotatable bonds is 5. The van der Waals surface area contributed by atoms with E-state index in [-0.39, 0.29) is 11.8 Å². The van der Waals surface area contributed by atoms with Gasteiger partial charge in [0.05, 0.1) is 0 Å². The van der Waals surface area contributed by atoms with Gasteiger partial charge in [-0.2, -0.15) is 0 Å². The average Bonchev–Trinajstić information content (AvgIpc) is 2.79. The van der Waals surface area contributed by atoms with Crippen molar-refractivity contribution in [1.82, 2.24) is 14.8 Å². The van der Waals surface area contributed by atoms with Crippen LogP contribution in [0.4, 0.5) is 14.6 Å². The van der Waals surface area contributed by atoms with Crippen LogP contribution in [-0.4, -0.2) is 58.9 Å². The molecule has 2 aromatic rings. The van der Waals surface area contributed by atoms with E-state index in [9.17, 15) is 18.4 Å². The minimum absolute atomic E-state index is 0.0182. The molecule has 33 heavy (non-hydrogen) atoms. The zero-order valence-corrected chi connectivity index (χ0v) is 18.4. The van der Waals surface area contributed by atoms with Crippen molar-refractivity contribution < 1.29 is 23.1 Å². The maximum atomic E-state index is 13.8. The summed E-state index contributed by atoms with van der Waals surface area (Å²) >= 11 is 0. The highest BCUT2D eigenvalue weighted by atomic mass is 19.1. The lowest BCUT2D eigenvalue weighted by molar-refractivity contribution is -0.139. The standard InChI is InChI=1S/C24H28F2N4O3/c25-19-2-1-3-20(26)22(19)24(32)33-18-7-12-30(13-8-18)23(31)17-5-10-29(11-6-17)15-16-4-9-28-21(27)14-16/h1-4,9,14,17-18H,5-8,10-13,15H2,(H2,27,28). The predicted octanol–water partition coefficient (Wildman–Crippen LogP) is 3.00. The second kappa shape index (κ2) is 10.2. The lowest BCUT2D eigenvalue weighted by atomic mass is 9.94. The summed E-state index contributed by atoms with van der Waals surface area (Å²) in [6, 6.07) is 7.07. The van der Waals surface area contributed by atoms with E-state index in [2.05, 4.69) is 9.88 Å². The van der Waals surface area contributed by atoms with Gasteiger partial charge in [-0.3, -0.25) is 9.69 Å². The molecule has 176 valence electrons. The number of nitrogens with zero attached hydrogens (tertiary/aromatic N) is 3. The van der Waals surface area contributed by atoms with E-state index in [1.54, 1.807) is 6.20 Å². The predicted molar refractivity (Wildman–Crippen MR) is 118 cm³/mol. The number of nitrogen functional groups attached to an aromatic ring is 1. The van der Waals surface area contributed by atoms with Gasteiger partial charge < -0.3 is 15.4 Å². The van der Waals surface area contributed by atoms with Gasteiger partial charge in [0.2, 0.25) is 5.91 Å². The minimum Gasteiger partial charge on any atom is -0.458 e. The summed E-state index contributed by atoms with van der Waals surface area (Å²) in [4.78, 5) is 33.3. The van der Waals surface area contributed by atoms with Gasteiger partial charge in [0.25, 0.3) is 0 Å². The van der Waals surface area contributed by atoms with Crippen LogP contribution in [0.1, 0.15) is 41.6 Å². The highest BCUT2D eigenvalue weighted by Gasteiger charge is 2.32. The van der Waals surface area contributed by atoms with Crippen molar-refractivity contribution in [2.45, 2.75) is 38.3 Å². The first-order valence-corrected chi connectivity index (χ1v) is 11.3. The lowest BCUT2D eigenvalue weighted by Gasteiger charge is -2.37. The minimum atomic E-state index is -1.00. The number of likely N-dealkylation sites (tertiary alicyclic amines) is 2. The van der Waals surface area contributed by atoms with Crippen molar-refractivity contribution in [2.24, 2.45) is 5.92 Å². The van der Waals surface area contributed by atoms with Crippen LogP contribution < -0.4 is 5.73 Å². The fraction of sp³-hybridized carbons (Fsp3) is 0.458. The van der Waals surface area contributed by atoms with E-state index in [1.165, 1.54) is 6.07 Å². The maximum absolute atomic E-state index is 13.8. The number of hydrogen-bond acceptors (Lipinski definition) is 6. The number of nitrogens with two attached hydrogens (primary N) is 1. The van der Waals surface area contributed by atoms with Crippen molar-refractivity contribution in [3.63, 3.8) is 0 Å². The lowest BCUT2D eigenvalue weighted by Crippen LogP contribution is -2.46. The Labute approximate surface area is 191 Å². The van der Waals surface area contributed by atoms with Crippen molar-refractivity contribution in [1.29, 1.82) is 0 Å². The smallest absolute Gasteiger partial charge is 0.344 e. The van der Waals surface area contributed by atoms with Crippen LogP contribution >= 0.6 is 0 Å². The zero-order chi connectivity index (χ0) is 23.4. The van der Waals surface area contributed by atoms with E-state index in [4.69, 9.17) is 10.5 Å². The number of halogens is 2. The molecule has 4 rings (SSSR count). The zero-order valence-electron chi connectivity index (χ0n) is 18.4. The Morgan fingerprint density at radius 2 is 1.70 bits per heavy atom. The number of benzene rings is 1. The number of esters is 1. The maximum Gasteiger partial charge on any atom is 0.344 e. The third-order valence-corrected chi connectivity index (χ3v) is 6.38. The monoisotopic (exact) mass is 458 g/mol. The van der Waals surface area contributed by atoms with Gasteiger partial charge in [0, 0.05) is 44.6 Å². The molecule has 3 heterocycles. The van der Waals surface area contributed by atoms with Gasteiger partial charge in [0.1, 0.15) is 29.1 Å². The van der Waals surface area contributed by atoms with Crippen molar-refractivity contribution >= 4 is 17.7 Å². The second-order valence-electron chi connectivity index (χ2n) is 8.67. The first kappa shape index (κ1) is 23.1. The normalized spacial score (nSPS) is 18.3. The summed E-state index contributed by atoms with van der Waals surface area (Å²) in [6.07, 6.45) is 3.73. The summed E-state index contributed by atoms with van der Waals surface area (Å²) in [5.41, 5.74) is 6.19. The van der Waals surface area contributed by atoms with E-state index < -0.39 is 29.3 Å². The fourth-order valence-corrected chi connectivity index (χ4v) is 4.54. The van der Waals surface area contributed by atoms with E-state index >= 15 is 0 Å². The number of carbonyl (C=O) groups is 2. The number of pyridine rings is 1. The van der Waals surface area contributed by atoms with E-state index in [0.717, 1.165) is 50.2 Å². The highest BCUT2D eigenvalue weighted by Crippen LogP contribution is 2.25. The molecule has 2 aliphatic rings. The van der Waals surface area contributed by atoms with Gasteiger partial charge in [-0.25, -0.2) is 18.6 Å². The SMILES string of the molecule is Nc1cc(CN2CCC(C(=O)N3CCC(OC(=O)c4c(F)cccc4F)CC3)CC2)ccn1. The summed E-state index contributed by atoms with van der Waals surface area (Å²) < 4.78 is 32.9. The molecule has 0 spiro atoms. The number of piperidine rings is 2. The highest BCUT2D eigenvalue weighted by molar-refractivity contribution is 5.90. The van der Waals surface area contributed by atoms with Crippen LogP contribution in [0.25, 0.3) is 0 Å². The quantitative estimate of drug-likeness (QED) is 0.693. The van der Waals surface area contributed by atoms with Gasteiger partial charge in [-0.1, -0.05) is 6.07 Å². The molecule has 0 bridgehead atoms. The largest absolute Gasteiger partial charge is 0.458 e. The first-order chi connectivity index (χ1) is 15.9. The summed E-state index contributed by atoms with van der Waals surface area (Å²) in [7, 11) is 0. The average molecular weight is 459 g/mol. The molecule has 1 aromatic carbocycles. The topological polar surface area (TPSA) is 88.8 Å².